The first-order valence-corrected chi connectivity index (χ1v) is 9.25. The van der Waals surface area contributed by atoms with Gasteiger partial charge in [-0.2, -0.15) is 0 Å². The minimum Gasteiger partial charge on any atom is -0.444 e. The number of nitrogens with zero attached hydrogens (tertiary/aromatic N) is 3. The number of hydrogen-bond donors (Lipinski definition) is 2. The van der Waals surface area contributed by atoms with Gasteiger partial charge in [0.05, 0.1) is 29.5 Å². The Morgan fingerprint density at radius 3 is 2.46 bits per heavy atom. The fourth-order valence-electron chi connectivity index (χ4n) is 2.51. The first-order chi connectivity index (χ1) is 12.5. The lowest BCUT2D eigenvalue weighted by Gasteiger charge is -2.10. The van der Waals surface area contributed by atoms with E-state index in [9.17, 15) is 0 Å². The summed E-state index contributed by atoms with van der Waals surface area (Å²) in [6, 6.07) is 8.12. The number of nitrogens with one attached hydrogen (secondary N) is 2. The van der Waals surface area contributed by atoms with Gasteiger partial charge in [0.15, 0.2) is 5.96 Å². The van der Waals surface area contributed by atoms with E-state index in [0.717, 1.165) is 27.9 Å². The van der Waals surface area contributed by atoms with Crippen molar-refractivity contribution >= 4 is 17.3 Å². The summed E-state index contributed by atoms with van der Waals surface area (Å²) in [5.41, 5.74) is 4.08. The lowest BCUT2D eigenvalue weighted by Crippen LogP contribution is -2.36. The highest BCUT2D eigenvalue weighted by Gasteiger charge is 2.09. The van der Waals surface area contributed by atoms with Crippen LogP contribution in [0, 0.1) is 20.8 Å². The second-order valence-corrected chi connectivity index (χ2v) is 7.32. The zero-order valence-corrected chi connectivity index (χ0v) is 16.3. The lowest BCUT2D eigenvalue weighted by molar-refractivity contribution is 0.572. The van der Waals surface area contributed by atoms with Gasteiger partial charge in [-0.1, -0.05) is 17.7 Å². The van der Waals surface area contributed by atoms with Crippen molar-refractivity contribution in [3.63, 3.8) is 0 Å². The molecule has 0 saturated heterocycles. The van der Waals surface area contributed by atoms with Crippen molar-refractivity contribution in [1.29, 1.82) is 0 Å². The van der Waals surface area contributed by atoms with E-state index in [1.54, 1.807) is 24.6 Å². The third-order valence-corrected chi connectivity index (χ3v) is 5.00. The highest BCUT2D eigenvalue weighted by molar-refractivity contribution is 7.11. The van der Waals surface area contributed by atoms with Crippen molar-refractivity contribution in [3.8, 4) is 11.5 Å². The molecule has 0 aliphatic carbocycles. The molecule has 2 aromatic heterocycles. The summed E-state index contributed by atoms with van der Waals surface area (Å²) in [6.45, 7) is 7.34. The Labute approximate surface area is 157 Å². The predicted molar refractivity (Wildman–Crippen MR) is 105 cm³/mol. The molecular formula is C19H23N5OS. The molecule has 6 nitrogen and oxygen atoms in total. The van der Waals surface area contributed by atoms with Crippen molar-refractivity contribution < 1.29 is 4.42 Å². The smallest absolute Gasteiger partial charge is 0.226 e. The molecule has 0 aliphatic rings. The van der Waals surface area contributed by atoms with Crippen LogP contribution in [0.4, 0.5) is 0 Å². The van der Waals surface area contributed by atoms with Gasteiger partial charge in [-0.15, -0.1) is 11.3 Å². The van der Waals surface area contributed by atoms with Crippen LogP contribution in [0.5, 0.6) is 0 Å². The summed E-state index contributed by atoms with van der Waals surface area (Å²) >= 11 is 1.70. The summed E-state index contributed by atoms with van der Waals surface area (Å²) in [6.07, 6.45) is 1.67. The molecule has 2 N–H and O–H groups in total. The van der Waals surface area contributed by atoms with Gasteiger partial charge in [0.2, 0.25) is 5.89 Å². The Bertz CT molecular complexity index is 895. The van der Waals surface area contributed by atoms with E-state index in [-0.39, 0.29) is 0 Å². The average molecular weight is 369 g/mol. The molecule has 26 heavy (non-hydrogen) atoms. The number of oxazole rings is 1. The average Bonchev–Trinajstić information content (AvgIpc) is 3.22. The molecule has 7 heteroatoms. The predicted octanol–water partition coefficient (Wildman–Crippen LogP) is 3.59. The maximum absolute atomic E-state index is 5.59. The largest absolute Gasteiger partial charge is 0.444 e. The fraction of sp³-hybridized carbons (Fsp3) is 0.316. The van der Waals surface area contributed by atoms with Gasteiger partial charge in [-0.05, 0) is 32.9 Å². The molecule has 0 fully saturated rings. The number of aliphatic imine (C=N–C) groups is 1. The van der Waals surface area contributed by atoms with E-state index in [0.29, 0.717) is 19.0 Å². The Kier molecular flexibility index (Phi) is 5.68. The number of aryl methyl sites for hydroxylation is 3. The molecule has 2 heterocycles. The standard InChI is InChI=1S/C19H23N5OS/c1-12-5-7-15(8-6-12)18-24-16(11-25-18)9-21-19(20-4)22-10-17-13(2)23-14(3)26-17/h5-8,11H,9-10H2,1-4H3,(H2,20,21,22). The second-order valence-electron chi connectivity index (χ2n) is 6.03. The highest BCUT2D eigenvalue weighted by atomic mass is 32.1. The minimum absolute atomic E-state index is 0.537. The number of benzene rings is 1. The fourth-order valence-corrected chi connectivity index (χ4v) is 3.39. The molecule has 0 atom stereocenters. The normalized spacial score (nSPS) is 11.6. The van der Waals surface area contributed by atoms with Gasteiger partial charge in [-0.25, -0.2) is 9.97 Å². The first kappa shape index (κ1) is 18.1. The monoisotopic (exact) mass is 369 g/mol. The molecule has 0 amide bonds. The summed E-state index contributed by atoms with van der Waals surface area (Å²) in [5, 5.41) is 7.64. The zero-order valence-electron chi connectivity index (χ0n) is 15.5. The van der Waals surface area contributed by atoms with Gasteiger partial charge in [0.1, 0.15) is 6.26 Å². The Balaban J connectivity index is 1.55. The second kappa shape index (κ2) is 8.14. The quantitative estimate of drug-likeness (QED) is 0.531. The van der Waals surface area contributed by atoms with Crippen molar-refractivity contribution in [2.24, 2.45) is 4.99 Å². The number of rotatable bonds is 5. The number of thiazole rings is 1. The molecule has 0 spiro atoms. The highest BCUT2D eigenvalue weighted by Crippen LogP contribution is 2.19. The third-order valence-electron chi connectivity index (χ3n) is 3.93. The minimum atomic E-state index is 0.537. The number of hydrogen-bond acceptors (Lipinski definition) is 5. The first-order valence-electron chi connectivity index (χ1n) is 8.44. The molecule has 3 rings (SSSR count). The van der Waals surface area contributed by atoms with E-state index >= 15 is 0 Å². The number of guanidine groups is 1. The van der Waals surface area contributed by atoms with E-state index in [1.807, 2.05) is 38.1 Å². The molecule has 1 aromatic carbocycles. The molecule has 3 aromatic rings. The third kappa shape index (κ3) is 4.49. The van der Waals surface area contributed by atoms with E-state index in [2.05, 4.69) is 32.5 Å². The maximum atomic E-state index is 5.59. The number of aromatic nitrogens is 2. The molecule has 0 saturated carbocycles. The van der Waals surface area contributed by atoms with Crippen LogP contribution in [-0.4, -0.2) is 23.0 Å². The van der Waals surface area contributed by atoms with Gasteiger partial charge >= 0.3 is 0 Å². The van der Waals surface area contributed by atoms with Crippen molar-refractivity contribution in [2.45, 2.75) is 33.9 Å². The van der Waals surface area contributed by atoms with Gasteiger partial charge in [0, 0.05) is 17.5 Å². The molecular weight excluding hydrogens is 346 g/mol. The van der Waals surface area contributed by atoms with E-state index < -0.39 is 0 Å². The Morgan fingerprint density at radius 2 is 1.81 bits per heavy atom. The van der Waals surface area contributed by atoms with Crippen molar-refractivity contribution in [2.75, 3.05) is 7.05 Å². The van der Waals surface area contributed by atoms with Crippen molar-refractivity contribution in [1.82, 2.24) is 20.6 Å². The Morgan fingerprint density at radius 1 is 1.08 bits per heavy atom. The van der Waals surface area contributed by atoms with Gasteiger partial charge in [-0.3, -0.25) is 4.99 Å². The van der Waals surface area contributed by atoms with E-state index in [1.165, 1.54) is 10.4 Å². The summed E-state index contributed by atoms with van der Waals surface area (Å²) in [7, 11) is 1.75. The molecule has 136 valence electrons. The van der Waals surface area contributed by atoms with Crippen molar-refractivity contribution in [3.05, 3.63) is 57.4 Å². The maximum Gasteiger partial charge on any atom is 0.226 e. The molecule has 0 aliphatic heterocycles. The zero-order chi connectivity index (χ0) is 18.5. The van der Waals surface area contributed by atoms with Crippen LogP contribution in [0.1, 0.15) is 26.8 Å². The molecule has 0 radical (unpaired) electrons. The van der Waals surface area contributed by atoms with Crippen LogP contribution in [0.25, 0.3) is 11.5 Å². The summed E-state index contributed by atoms with van der Waals surface area (Å²) in [4.78, 5) is 14.4. The van der Waals surface area contributed by atoms with Crippen LogP contribution in [0.15, 0.2) is 39.9 Å². The topological polar surface area (TPSA) is 75.3 Å². The van der Waals surface area contributed by atoms with Crippen LogP contribution in [0.3, 0.4) is 0 Å². The summed E-state index contributed by atoms with van der Waals surface area (Å²) in [5.74, 6) is 1.34. The van der Waals surface area contributed by atoms with Gasteiger partial charge < -0.3 is 15.1 Å². The van der Waals surface area contributed by atoms with Crippen LogP contribution >= 0.6 is 11.3 Å². The van der Waals surface area contributed by atoms with Gasteiger partial charge in [0.25, 0.3) is 0 Å². The summed E-state index contributed by atoms with van der Waals surface area (Å²) < 4.78 is 5.59. The van der Waals surface area contributed by atoms with Crippen LogP contribution in [0.2, 0.25) is 0 Å². The van der Waals surface area contributed by atoms with Crippen LogP contribution < -0.4 is 10.6 Å². The lowest BCUT2D eigenvalue weighted by atomic mass is 10.1. The SMILES string of the molecule is CN=C(NCc1coc(-c2ccc(C)cc2)n1)NCc1sc(C)nc1C. The van der Waals surface area contributed by atoms with E-state index in [4.69, 9.17) is 4.42 Å². The molecule has 0 bridgehead atoms. The van der Waals surface area contributed by atoms with Crippen LogP contribution in [-0.2, 0) is 13.1 Å². The Hall–Kier alpha value is -2.67. The molecule has 0 unspecified atom stereocenters.